The van der Waals surface area contributed by atoms with E-state index in [1.54, 1.807) is 31.4 Å². The highest BCUT2D eigenvalue weighted by Gasteiger charge is 2.29. The van der Waals surface area contributed by atoms with Gasteiger partial charge in [0.15, 0.2) is 0 Å². The Morgan fingerprint density at radius 3 is 2.40 bits per heavy atom. The molecule has 0 bridgehead atoms. The summed E-state index contributed by atoms with van der Waals surface area (Å²) in [7, 11) is -2.01. The van der Waals surface area contributed by atoms with Crippen LogP contribution in [0.25, 0.3) is 21.8 Å². The third kappa shape index (κ3) is 4.85. The number of fused-ring (bicyclic) bond motifs is 3. The first-order chi connectivity index (χ1) is 17.0. The number of ether oxygens (including phenoxy) is 2. The van der Waals surface area contributed by atoms with Gasteiger partial charge in [-0.25, -0.2) is 8.42 Å². The van der Waals surface area contributed by atoms with E-state index in [4.69, 9.17) is 9.47 Å². The van der Waals surface area contributed by atoms with E-state index < -0.39 is 16.1 Å². The van der Waals surface area contributed by atoms with Crippen LogP contribution in [0, 0.1) is 0 Å². The Labute approximate surface area is 204 Å². The number of hydrogen-bond donors (Lipinski definition) is 2. The van der Waals surface area contributed by atoms with Crippen LogP contribution in [0.15, 0.2) is 71.6 Å². The minimum absolute atomic E-state index is 0.156. The Balaban J connectivity index is 1.17. The van der Waals surface area contributed by atoms with Gasteiger partial charge in [-0.15, -0.1) is 0 Å². The molecule has 0 radical (unpaired) electrons. The number of methoxy groups -OCH3 is 1. The minimum atomic E-state index is -3.56. The van der Waals surface area contributed by atoms with Crippen molar-refractivity contribution in [1.82, 2.24) is 14.2 Å². The minimum Gasteiger partial charge on any atom is -0.497 e. The Morgan fingerprint density at radius 1 is 0.943 bits per heavy atom. The average molecular weight is 496 g/mol. The highest BCUT2D eigenvalue weighted by Crippen LogP contribution is 2.33. The topological polar surface area (TPSA) is 95.1 Å². The molecule has 1 saturated heterocycles. The van der Waals surface area contributed by atoms with Crippen molar-refractivity contribution < 1.29 is 23.0 Å². The Bertz CT molecular complexity index is 1410. The number of nitrogens with zero attached hydrogens (tertiary/aromatic N) is 2. The fraction of sp³-hybridized carbons (Fsp3) is 0.308. The summed E-state index contributed by atoms with van der Waals surface area (Å²) in [4.78, 5) is 5.72. The molecule has 0 amide bonds. The van der Waals surface area contributed by atoms with Gasteiger partial charge in [0.1, 0.15) is 24.2 Å². The number of piperazine rings is 1. The summed E-state index contributed by atoms with van der Waals surface area (Å²) in [6.07, 6.45) is -0.694. The predicted molar refractivity (Wildman–Crippen MR) is 135 cm³/mol. The van der Waals surface area contributed by atoms with Gasteiger partial charge in [-0.2, -0.15) is 4.31 Å². The van der Waals surface area contributed by atoms with E-state index in [-0.39, 0.29) is 11.5 Å². The van der Waals surface area contributed by atoms with Crippen LogP contribution in [0.2, 0.25) is 0 Å². The molecule has 35 heavy (non-hydrogen) atoms. The van der Waals surface area contributed by atoms with Crippen LogP contribution in [0.4, 0.5) is 0 Å². The SMILES string of the molecule is COc1ccc(S(=O)(=O)N2CCN(CC(O)COc3cccc4[nH]c5ccccc5c34)CC2)cc1. The Hall–Kier alpha value is -3.11. The number of sulfonamides is 1. The summed E-state index contributed by atoms with van der Waals surface area (Å²) < 4.78 is 38.5. The molecule has 1 fully saturated rings. The maximum atomic E-state index is 12.9. The molecular formula is C26H29N3O5S. The second-order valence-electron chi connectivity index (χ2n) is 8.69. The third-order valence-corrected chi connectivity index (χ3v) is 8.33. The molecule has 3 aromatic carbocycles. The van der Waals surface area contributed by atoms with E-state index in [1.807, 2.05) is 36.4 Å². The van der Waals surface area contributed by atoms with Crippen LogP contribution in [0.5, 0.6) is 11.5 Å². The van der Waals surface area contributed by atoms with Gasteiger partial charge in [-0.3, -0.25) is 4.90 Å². The zero-order chi connectivity index (χ0) is 24.4. The van der Waals surface area contributed by atoms with Crippen molar-refractivity contribution in [2.75, 3.05) is 46.4 Å². The number of aromatic nitrogens is 1. The lowest BCUT2D eigenvalue weighted by atomic mass is 10.1. The van der Waals surface area contributed by atoms with E-state index in [9.17, 15) is 13.5 Å². The van der Waals surface area contributed by atoms with Crippen molar-refractivity contribution in [2.45, 2.75) is 11.0 Å². The normalized spacial score (nSPS) is 16.5. The number of aliphatic hydroxyl groups excluding tert-OH is 1. The second kappa shape index (κ2) is 9.87. The standard InChI is InChI=1S/C26H29N3O5S/c1-33-20-9-11-21(12-10-20)35(31,32)29-15-13-28(14-16-29)17-19(30)18-34-25-8-4-7-24-26(25)22-5-2-3-6-23(22)27-24/h2-12,19,27,30H,13-18H2,1H3. The number of H-pyrrole nitrogens is 1. The van der Waals surface area contributed by atoms with E-state index >= 15 is 0 Å². The lowest BCUT2D eigenvalue weighted by molar-refractivity contribution is 0.0573. The lowest BCUT2D eigenvalue weighted by Gasteiger charge is -2.34. The first kappa shape index (κ1) is 23.6. The van der Waals surface area contributed by atoms with Crippen LogP contribution >= 0.6 is 0 Å². The lowest BCUT2D eigenvalue weighted by Crippen LogP contribution is -2.50. The Morgan fingerprint density at radius 2 is 1.66 bits per heavy atom. The molecule has 1 unspecified atom stereocenters. The number of β-amino-alcohol motifs (C(OH)–C–C–N with tert-alkyl or cyclic N) is 1. The maximum Gasteiger partial charge on any atom is 0.243 e. The number of aliphatic hydroxyl groups is 1. The molecule has 1 aromatic heterocycles. The second-order valence-corrected chi connectivity index (χ2v) is 10.6. The van der Waals surface area contributed by atoms with Gasteiger partial charge >= 0.3 is 0 Å². The van der Waals surface area contributed by atoms with Crippen LogP contribution in [0.3, 0.4) is 0 Å². The van der Waals surface area contributed by atoms with Crippen LogP contribution < -0.4 is 9.47 Å². The number of para-hydroxylation sites is 1. The molecule has 2 heterocycles. The van der Waals surface area contributed by atoms with E-state index in [1.165, 1.54) is 4.31 Å². The summed E-state index contributed by atoms with van der Waals surface area (Å²) in [6, 6.07) is 20.4. The van der Waals surface area contributed by atoms with Crippen LogP contribution in [0.1, 0.15) is 0 Å². The summed E-state index contributed by atoms with van der Waals surface area (Å²) in [5.74, 6) is 1.35. The van der Waals surface area contributed by atoms with Gasteiger partial charge in [-0.1, -0.05) is 24.3 Å². The summed E-state index contributed by atoms with van der Waals surface area (Å²) in [5, 5.41) is 12.7. The molecule has 0 saturated carbocycles. The fourth-order valence-corrected chi connectivity index (χ4v) is 6.00. The molecular weight excluding hydrogens is 466 g/mol. The molecule has 8 nitrogen and oxygen atoms in total. The number of nitrogens with one attached hydrogen (secondary N) is 1. The highest BCUT2D eigenvalue weighted by atomic mass is 32.2. The summed E-state index contributed by atoms with van der Waals surface area (Å²) in [5.41, 5.74) is 2.04. The number of rotatable bonds is 8. The van der Waals surface area contributed by atoms with Crippen molar-refractivity contribution >= 4 is 31.8 Å². The smallest absolute Gasteiger partial charge is 0.243 e. The predicted octanol–water partition coefficient (Wildman–Crippen LogP) is 3.08. The summed E-state index contributed by atoms with van der Waals surface area (Å²) >= 11 is 0. The molecule has 1 atom stereocenters. The van der Waals surface area contributed by atoms with Crippen LogP contribution in [-0.2, 0) is 10.0 Å². The Kier molecular flexibility index (Phi) is 6.66. The maximum absolute atomic E-state index is 12.9. The molecule has 1 aliphatic rings. The molecule has 184 valence electrons. The molecule has 1 aliphatic heterocycles. The third-order valence-electron chi connectivity index (χ3n) is 6.42. The molecule has 2 N–H and O–H groups in total. The van der Waals surface area contributed by atoms with Gasteiger partial charge in [0.05, 0.1) is 17.5 Å². The van der Waals surface area contributed by atoms with Crippen molar-refractivity contribution in [1.29, 1.82) is 0 Å². The van der Waals surface area contributed by atoms with E-state index in [2.05, 4.69) is 16.0 Å². The van der Waals surface area contributed by atoms with Crippen molar-refractivity contribution in [3.8, 4) is 11.5 Å². The quantitative estimate of drug-likeness (QED) is 0.390. The molecule has 0 aliphatic carbocycles. The molecule has 9 heteroatoms. The van der Waals surface area contributed by atoms with Crippen LogP contribution in [-0.4, -0.2) is 80.3 Å². The number of aromatic amines is 1. The van der Waals surface area contributed by atoms with Gasteiger partial charge in [0, 0.05) is 49.0 Å². The highest BCUT2D eigenvalue weighted by molar-refractivity contribution is 7.89. The zero-order valence-electron chi connectivity index (χ0n) is 19.6. The van der Waals surface area contributed by atoms with E-state index in [0.29, 0.717) is 38.5 Å². The summed E-state index contributed by atoms with van der Waals surface area (Å²) in [6.45, 7) is 2.41. The van der Waals surface area contributed by atoms with Gasteiger partial charge in [-0.05, 0) is 42.5 Å². The van der Waals surface area contributed by atoms with Crippen molar-refractivity contribution in [3.63, 3.8) is 0 Å². The molecule has 4 aromatic rings. The number of hydrogen-bond acceptors (Lipinski definition) is 6. The monoisotopic (exact) mass is 495 g/mol. The largest absolute Gasteiger partial charge is 0.497 e. The average Bonchev–Trinajstić information content (AvgIpc) is 3.27. The first-order valence-corrected chi connectivity index (χ1v) is 13.1. The molecule has 0 spiro atoms. The fourth-order valence-electron chi connectivity index (χ4n) is 4.57. The number of benzene rings is 3. The van der Waals surface area contributed by atoms with E-state index in [0.717, 1.165) is 27.6 Å². The first-order valence-electron chi connectivity index (χ1n) is 11.6. The van der Waals surface area contributed by atoms with Gasteiger partial charge in [0.25, 0.3) is 0 Å². The van der Waals surface area contributed by atoms with Crippen molar-refractivity contribution in [3.05, 3.63) is 66.7 Å². The zero-order valence-corrected chi connectivity index (χ0v) is 20.4. The molecule has 5 rings (SSSR count). The van der Waals surface area contributed by atoms with Gasteiger partial charge < -0.3 is 19.6 Å². The van der Waals surface area contributed by atoms with Crippen molar-refractivity contribution in [2.24, 2.45) is 0 Å². The van der Waals surface area contributed by atoms with Gasteiger partial charge in [0.2, 0.25) is 10.0 Å².